The zero-order valence-corrected chi connectivity index (χ0v) is 20.6. The average Bonchev–Trinajstić information content (AvgIpc) is 3.29. The van der Waals surface area contributed by atoms with Gasteiger partial charge in [-0.1, -0.05) is 6.07 Å². The molecular formula is C27H35N5O3. The molecule has 3 saturated heterocycles. The summed E-state index contributed by atoms with van der Waals surface area (Å²) in [6.07, 6.45) is 8.61. The molecule has 1 unspecified atom stereocenters. The van der Waals surface area contributed by atoms with Gasteiger partial charge in [-0.25, -0.2) is 9.78 Å². The van der Waals surface area contributed by atoms with Gasteiger partial charge >= 0.3 is 6.09 Å². The number of amides is 1. The molecule has 8 heteroatoms. The molecule has 6 rings (SSSR count). The number of hydrogen-bond donors (Lipinski definition) is 0. The molecule has 0 N–H and O–H groups in total. The van der Waals surface area contributed by atoms with Crippen LogP contribution in [0.25, 0.3) is 11.3 Å². The molecule has 4 aliphatic rings. The van der Waals surface area contributed by atoms with Gasteiger partial charge in [-0.2, -0.15) is 0 Å². The summed E-state index contributed by atoms with van der Waals surface area (Å²) in [5, 5.41) is 0. The number of likely N-dealkylation sites (tertiary alicyclic amines) is 1. The smallest absolute Gasteiger partial charge is 0.409 e. The summed E-state index contributed by atoms with van der Waals surface area (Å²) in [5.41, 5.74) is 3.53. The van der Waals surface area contributed by atoms with Crippen LogP contribution in [0, 0.1) is 5.41 Å². The van der Waals surface area contributed by atoms with Crippen molar-refractivity contribution in [2.24, 2.45) is 5.41 Å². The van der Waals surface area contributed by atoms with Crippen molar-refractivity contribution in [1.82, 2.24) is 19.8 Å². The van der Waals surface area contributed by atoms with Gasteiger partial charge in [0.25, 0.3) is 0 Å². The lowest BCUT2D eigenvalue weighted by Crippen LogP contribution is -2.58. The Morgan fingerprint density at radius 2 is 1.97 bits per heavy atom. The third-order valence-electron chi connectivity index (χ3n) is 8.31. The van der Waals surface area contributed by atoms with Crippen LogP contribution in [0.15, 0.2) is 36.7 Å². The van der Waals surface area contributed by atoms with Gasteiger partial charge in [0, 0.05) is 75.1 Å². The Morgan fingerprint density at radius 1 is 1.14 bits per heavy atom. The van der Waals surface area contributed by atoms with Crippen LogP contribution in [-0.2, 0) is 9.47 Å². The van der Waals surface area contributed by atoms with Crippen molar-refractivity contribution in [2.45, 2.75) is 44.8 Å². The van der Waals surface area contributed by atoms with E-state index >= 15 is 0 Å². The number of piperazine rings is 1. The highest BCUT2D eigenvalue weighted by molar-refractivity contribution is 5.73. The standard InChI is InChI=1S/C27H35N5O3/c1-2-34-26(33)32-18-27(19-32)9-7-21(16-27)30-11-13-31(14-12-30)25-22(4-3-10-28-25)23-6-5-20(17-29-23)24-8-15-35-24/h3-6,10,17,21,24H,2,7-9,11-16,18-19H2,1H3/t21-,24?/m1/s1. The van der Waals surface area contributed by atoms with Crippen molar-refractivity contribution in [3.63, 3.8) is 0 Å². The molecule has 4 fully saturated rings. The van der Waals surface area contributed by atoms with Crippen molar-refractivity contribution in [3.8, 4) is 11.3 Å². The minimum atomic E-state index is -0.151. The topological polar surface area (TPSA) is 71.0 Å². The number of carbonyl (C=O) groups excluding carboxylic acids is 1. The Kier molecular flexibility index (Phi) is 6.10. The lowest BCUT2D eigenvalue weighted by atomic mass is 9.78. The van der Waals surface area contributed by atoms with Gasteiger partial charge < -0.3 is 19.3 Å². The Bertz CT molecular complexity index is 1040. The minimum absolute atomic E-state index is 0.151. The Hall–Kier alpha value is -2.71. The van der Waals surface area contributed by atoms with Gasteiger partial charge in [-0.15, -0.1) is 0 Å². The maximum absolute atomic E-state index is 12.0. The lowest BCUT2D eigenvalue weighted by molar-refractivity contribution is -0.0528. The highest BCUT2D eigenvalue weighted by atomic mass is 16.6. The normalized spacial score (nSPS) is 25.9. The molecule has 8 nitrogen and oxygen atoms in total. The van der Waals surface area contributed by atoms with E-state index in [9.17, 15) is 4.79 Å². The molecule has 2 aromatic heterocycles. The first-order chi connectivity index (χ1) is 17.1. The molecule has 0 bridgehead atoms. The SMILES string of the molecule is CCOC(=O)N1CC2(CC[C@@H](N3CCN(c4ncccc4-c4ccc(C5CCO5)cn4)CC3)C2)C1. The van der Waals surface area contributed by atoms with E-state index in [0.29, 0.717) is 18.1 Å². The van der Waals surface area contributed by atoms with E-state index < -0.39 is 0 Å². The Morgan fingerprint density at radius 3 is 2.66 bits per heavy atom. The lowest BCUT2D eigenvalue weighted by Gasteiger charge is -2.48. The zero-order valence-electron chi connectivity index (χ0n) is 20.6. The molecule has 35 heavy (non-hydrogen) atoms. The summed E-state index contributed by atoms with van der Waals surface area (Å²) in [7, 11) is 0. The molecule has 0 radical (unpaired) electrons. The van der Waals surface area contributed by atoms with Crippen molar-refractivity contribution >= 4 is 11.9 Å². The number of nitrogens with zero attached hydrogens (tertiary/aromatic N) is 5. The highest BCUT2D eigenvalue weighted by Gasteiger charge is 2.51. The van der Waals surface area contributed by atoms with Gasteiger partial charge in [0.2, 0.25) is 0 Å². The Labute approximate surface area is 207 Å². The molecule has 2 atom stereocenters. The molecule has 5 heterocycles. The largest absolute Gasteiger partial charge is 0.450 e. The third-order valence-corrected chi connectivity index (χ3v) is 8.31. The maximum Gasteiger partial charge on any atom is 0.409 e. The van der Waals surface area contributed by atoms with Crippen LogP contribution < -0.4 is 4.90 Å². The fraction of sp³-hybridized carbons (Fsp3) is 0.593. The fourth-order valence-corrected chi connectivity index (χ4v) is 6.28. The quantitative estimate of drug-likeness (QED) is 0.650. The molecule has 3 aliphatic heterocycles. The van der Waals surface area contributed by atoms with Gasteiger partial charge in [0.15, 0.2) is 0 Å². The molecule has 186 valence electrons. The van der Waals surface area contributed by atoms with E-state index in [-0.39, 0.29) is 12.2 Å². The number of carbonyl (C=O) groups is 1. The average molecular weight is 478 g/mol. The second-order valence-electron chi connectivity index (χ2n) is 10.5. The highest BCUT2D eigenvalue weighted by Crippen LogP contribution is 2.47. The number of rotatable bonds is 5. The third kappa shape index (κ3) is 4.38. The zero-order chi connectivity index (χ0) is 23.8. The molecular weight excluding hydrogens is 442 g/mol. The van der Waals surface area contributed by atoms with Crippen LogP contribution in [0.1, 0.15) is 44.3 Å². The van der Waals surface area contributed by atoms with Crippen LogP contribution in [0.5, 0.6) is 0 Å². The first-order valence-electron chi connectivity index (χ1n) is 13.1. The van der Waals surface area contributed by atoms with Crippen LogP contribution in [-0.4, -0.2) is 84.4 Å². The van der Waals surface area contributed by atoms with E-state index in [4.69, 9.17) is 19.4 Å². The molecule has 0 aromatic carbocycles. The van der Waals surface area contributed by atoms with E-state index in [2.05, 4.69) is 28.0 Å². The molecule has 1 saturated carbocycles. The first kappa shape index (κ1) is 22.7. The predicted octanol–water partition coefficient (Wildman–Crippen LogP) is 3.74. The van der Waals surface area contributed by atoms with Crippen molar-refractivity contribution in [1.29, 1.82) is 0 Å². The number of hydrogen-bond acceptors (Lipinski definition) is 7. The van der Waals surface area contributed by atoms with Crippen LogP contribution in [0.4, 0.5) is 10.6 Å². The van der Waals surface area contributed by atoms with E-state index in [1.165, 1.54) is 19.3 Å². The summed E-state index contributed by atoms with van der Waals surface area (Å²) in [6.45, 7) is 8.91. The van der Waals surface area contributed by atoms with Crippen molar-refractivity contribution < 1.29 is 14.3 Å². The van der Waals surface area contributed by atoms with Gasteiger partial charge in [-0.05, 0) is 49.9 Å². The van der Waals surface area contributed by atoms with Gasteiger partial charge in [0.05, 0.1) is 25.0 Å². The molecule has 1 aliphatic carbocycles. The van der Waals surface area contributed by atoms with E-state index in [0.717, 1.165) is 74.9 Å². The summed E-state index contributed by atoms with van der Waals surface area (Å²) >= 11 is 0. The number of anilines is 1. The summed E-state index contributed by atoms with van der Waals surface area (Å²) in [6, 6.07) is 8.98. The van der Waals surface area contributed by atoms with Crippen molar-refractivity contribution in [3.05, 3.63) is 42.2 Å². The van der Waals surface area contributed by atoms with E-state index in [1.807, 2.05) is 30.3 Å². The summed E-state index contributed by atoms with van der Waals surface area (Å²) in [5.74, 6) is 1.03. The number of ether oxygens (including phenoxy) is 2. The number of pyridine rings is 2. The second kappa shape index (κ2) is 9.39. The summed E-state index contributed by atoms with van der Waals surface area (Å²) in [4.78, 5) is 28.4. The maximum atomic E-state index is 12.0. The van der Waals surface area contributed by atoms with Crippen LogP contribution in [0.3, 0.4) is 0 Å². The molecule has 1 amide bonds. The van der Waals surface area contributed by atoms with Crippen LogP contribution in [0.2, 0.25) is 0 Å². The van der Waals surface area contributed by atoms with Crippen molar-refractivity contribution in [2.75, 3.05) is 57.4 Å². The minimum Gasteiger partial charge on any atom is -0.450 e. The molecule has 1 spiro atoms. The predicted molar refractivity (Wildman–Crippen MR) is 133 cm³/mol. The van der Waals surface area contributed by atoms with Crippen LogP contribution >= 0.6 is 0 Å². The first-order valence-corrected chi connectivity index (χ1v) is 13.1. The summed E-state index contributed by atoms with van der Waals surface area (Å²) < 4.78 is 10.8. The second-order valence-corrected chi connectivity index (χ2v) is 10.5. The fourth-order valence-electron chi connectivity index (χ4n) is 6.28. The van der Waals surface area contributed by atoms with E-state index in [1.54, 1.807) is 0 Å². The van der Waals surface area contributed by atoms with Gasteiger partial charge in [-0.3, -0.25) is 9.88 Å². The monoisotopic (exact) mass is 477 g/mol. The molecule has 2 aromatic rings. The van der Waals surface area contributed by atoms with Gasteiger partial charge in [0.1, 0.15) is 5.82 Å². The number of aromatic nitrogens is 2. The Balaban J connectivity index is 1.06.